The van der Waals surface area contributed by atoms with Crippen LogP contribution in [0.5, 0.6) is 0 Å². The normalized spacial score (nSPS) is 12.4. The lowest BCUT2D eigenvalue weighted by Gasteiger charge is -2.13. The Bertz CT molecular complexity index is 431. The zero-order valence-corrected chi connectivity index (χ0v) is 12.0. The minimum Gasteiger partial charge on any atom is -0.377 e. The Hall–Kier alpha value is -1.63. The van der Waals surface area contributed by atoms with Crippen LogP contribution in [-0.4, -0.2) is 34.0 Å². The first-order valence-electron chi connectivity index (χ1n) is 6.56. The lowest BCUT2D eigenvalue weighted by molar-refractivity contribution is -0.384. The lowest BCUT2D eigenvalue weighted by atomic mass is 10.2. The first-order valence-corrected chi connectivity index (χ1v) is 6.56. The van der Waals surface area contributed by atoms with Gasteiger partial charge in [0.25, 0.3) is 0 Å². The molecule has 0 aliphatic rings. The third kappa shape index (κ3) is 3.92. The molecule has 0 radical (unpaired) electrons. The number of aryl methyl sites for hydroxylation is 2. The van der Waals surface area contributed by atoms with Gasteiger partial charge in [0.05, 0.1) is 11.0 Å². The molecule has 0 saturated carbocycles. The maximum Gasteiger partial charge on any atom is 0.333 e. The minimum absolute atomic E-state index is 0.00544. The summed E-state index contributed by atoms with van der Waals surface area (Å²) in [6.45, 7) is 6.95. The second-order valence-electron chi connectivity index (χ2n) is 4.42. The summed E-state index contributed by atoms with van der Waals surface area (Å²) in [7, 11) is 1.71. The first kappa shape index (κ1) is 15.4. The molecule has 1 atom stereocenters. The number of nitro groups is 1. The van der Waals surface area contributed by atoms with E-state index in [1.54, 1.807) is 7.05 Å². The summed E-state index contributed by atoms with van der Waals surface area (Å²) in [5.41, 5.74) is 0.606. The highest BCUT2D eigenvalue weighted by atomic mass is 16.6. The highest BCUT2D eigenvalue weighted by molar-refractivity contribution is 5.59. The quantitative estimate of drug-likeness (QED) is 0.578. The molecule has 0 aromatic carbocycles. The summed E-state index contributed by atoms with van der Waals surface area (Å²) >= 11 is 0. The second kappa shape index (κ2) is 7.08. The van der Waals surface area contributed by atoms with Crippen molar-refractivity contribution in [2.45, 2.75) is 39.7 Å². The molecule has 1 N–H and O–H groups in total. The molecule has 0 aliphatic heterocycles. The van der Waals surface area contributed by atoms with Gasteiger partial charge >= 0.3 is 5.69 Å². The molecule has 1 aromatic rings. The van der Waals surface area contributed by atoms with Crippen LogP contribution >= 0.6 is 0 Å². The molecule has 0 bridgehead atoms. The monoisotopic (exact) mass is 270 g/mol. The van der Waals surface area contributed by atoms with Crippen molar-refractivity contribution in [1.29, 1.82) is 0 Å². The molecule has 1 heterocycles. The van der Waals surface area contributed by atoms with Crippen LogP contribution in [0.25, 0.3) is 0 Å². The summed E-state index contributed by atoms with van der Waals surface area (Å²) in [6.07, 6.45) is 1.42. The number of nitrogens with one attached hydrogen (secondary N) is 1. The number of nitrogens with zero attached hydrogens (tertiary/aromatic N) is 3. The summed E-state index contributed by atoms with van der Waals surface area (Å²) < 4.78 is 6.93. The maximum absolute atomic E-state index is 11.2. The van der Waals surface area contributed by atoms with Crippen molar-refractivity contribution < 1.29 is 9.66 Å². The van der Waals surface area contributed by atoms with Gasteiger partial charge in [0.1, 0.15) is 5.69 Å². The van der Waals surface area contributed by atoms with Crippen LogP contribution in [0.15, 0.2) is 0 Å². The third-order valence-electron chi connectivity index (χ3n) is 2.77. The van der Waals surface area contributed by atoms with E-state index >= 15 is 0 Å². The van der Waals surface area contributed by atoms with Crippen LogP contribution < -0.4 is 5.32 Å². The van der Waals surface area contributed by atoms with Crippen molar-refractivity contribution in [2.24, 2.45) is 7.05 Å². The second-order valence-corrected chi connectivity index (χ2v) is 4.42. The van der Waals surface area contributed by atoms with Crippen LogP contribution in [0.2, 0.25) is 0 Å². The van der Waals surface area contributed by atoms with Gasteiger partial charge < -0.3 is 10.1 Å². The highest BCUT2D eigenvalue weighted by Crippen LogP contribution is 2.28. The molecule has 1 rings (SSSR count). The van der Waals surface area contributed by atoms with Crippen molar-refractivity contribution in [3.05, 3.63) is 15.8 Å². The predicted octanol–water partition coefficient (Wildman–Crippen LogP) is 2.12. The van der Waals surface area contributed by atoms with Gasteiger partial charge in [-0.05, 0) is 20.3 Å². The summed E-state index contributed by atoms with van der Waals surface area (Å²) in [5, 5.41) is 18.5. The van der Waals surface area contributed by atoms with Crippen LogP contribution in [0.4, 0.5) is 11.5 Å². The average molecular weight is 270 g/mol. The molecule has 0 amide bonds. The molecule has 1 unspecified atom stereocenters. The average Bonchev–Trinajstić information content (AvgIpc) is 2.64. The van der Waals surface area contributed by atoms with E-state index in [0.29, 0.717) is 31.1 Å². The molecule has 1 aromatic heterocycles. The van der Waals surface area contributed by atoms with Gasteiger partial charge in [-0.1, -0.05) is 13.3 Å². The molecule has 0 fully saturated rings. The van der Waals surface area contributed by atoms with Crippen molar-refractivity contribution in [3.8, 4) is 0 Å². The number of ether oxygens (including phenoxy) is 1. The third-order valence-corrected chi connectivity index (χ3v) is 2.77. The number of rotatable bonds is 8. The Labute approximate surface area is 113 Å². The van der Waals surface area contributed by atoms with Gasteiger partial charge in [0, 0.05) is 20.2 Å². The van der Waals surface area contributed by atoms with E-state index < -0.39 is 0 Å². The van der Waals surface area contributed by atoms with E-state index in [2.05, 4.69) is 10.4 Å². The van der Waals surface area contributed by atoms with Crippen LogP contribution in [-0.2, 0) is 18.2 Å². The van der Waals surface area contributed by atoms with Crippen LogP contribution in [0.1, 0.15) is 32.9 Å². The first-order chi connectivity index (χ1) is 9.01. The van der Waals surface area contributed by atoms with E-state index in [9.17, 15) is 10.1 Å². The smallest absolute Gasteiger partial charge is 0.333 e. The zero-order chi connectivity index (χ0) is 14.4. The topological polar surface area (TPSA) is 82.2 Å². The fourth-order valence-electron chi connectivity index (χ4n) is 1.95. The van der Waals surface area contributed by atoms with E-state index in [-0.39, 0.29) is 16.7 Å². The lowest BCUT2D eigenvalue weighted by Crippen LogP contribution is -2.21. The Kier molecular flexibility index (Phi) is 5.75. The molecule has 0 aliphatic carbocycles. The molecule has 7 heteroatoms. The molecule has 7 nitrogen and oxygen atoms in total. The number of anilines is 1. The van der Waals surface area contributed by atoms with Gasteiger partial charge in [-0.3, -0.25) is 10.1 Å². The fourth-order valence-corrected chi connectivity index (χ4v) is 1.95. The highest BCUT2D eigenvalue weighted by Gasteiger charge is 2.26. The number of hydrogen-bond donors (Lipinski definition) is 1. The van der Waals surface area contributed by atoms with Gasteiger partial charge in [-0.2, -0.15) is 5.10 Å². The van der Waals surface area contributed by atoms with Gasteiger partial charge in [-0.15, -0.1) is 0 Å². The zero-order valence-electron chi connectivity index (χ0n) is 12.0. The Morgan fingerprint density at radius 2 is 2.21 bits per heavy atom. The van der Waals surface area contributed by atoms with Crippen molar-refractivity contribution in [3.63, 3.8) is 0 Å². The summed E-state index contributed by atoms with van der Waals surface area (Å²) in [5.74, 6) is 0.444. The van der Waals surface area contributed by atoms with E-state index in [4.69, 9.17) is 4.74 Å². The molecule has 0 spiro atoms. The maximum atomic E-state index is 11.2. The molecule has 19 heavy (non-hydrogen) atoms. The number of aromatic nitrogens is 2. The van der Waals surface area contributed by atoms with Gasteiger partial charge in [0.2, 0.25) is 5.82 Å². The van der Waals surface area contributed by atoms with E-state index in [1.165, 1.54) is 4.68 Å². The Morgan fingerprint density at radius 3 is 2.74 bits per heavy atom. The van der Waals surface area contributed by atoms with Crippen molar-refractivity contribution in [1.82, 2.24) is 9.78 Å². The molecule has 0 saturated heterocycles. The summed E-state index contributed by atoms with van der Waals surface area (Å²) in [4.78, 5) is 10.8. The number of hydrogen-bond acceptors (Lipinski definition) is 5. The van der Waals surface area contributed by atoms with Crippen molar-refractivity contribution in [2.75, 3.05) is 18.5 Å². The predicted molar refractivity (Wildman–Crippen MR) is 73.4 cm³/mol. The van der Waals surface area contributed by atoms with Gasteiger partial charge in [-0.25, -0.2) is 4.68 Å². The SMILES string of the molecule is CCCc1nn(C)c(NCC(C)OCC)c1[N+](=O)[O-]. The molecular formula is C12H22N4O3. The standard InChI is InChI=1S/C12H22N4O3/c1-5-7-10-11(16(17)18)12(15(4)14-10)13-8-9(3)19-6-2/h9,13H,5-8H2,1-4H3. The van der Waals surface area contributed by atoms with E-state index in [1.807, 2.05) is 20.8 Å². The minimum atomic E-state index is -0.369. The van der Waals surface area contributed by atoms with E-state index in [0.717, 1.165) is 6.42 Å². The van der Waals surface area contributed by atoms with Crippen molar-refractivity contribution >= 4 is 11.5 Å². The molecular weight excluding hydrogens is 248 g/mol. The Morgan fingerprint density at radius 1 is 1.53 bits per heavy atom. The summed E-state index contributed by atoms with van der Waals surface area (Å²) in [6, 6.07) is 0. The molecule has 108 valence electrons. The van der Waals surface area contributed by atoms with Crippen LogP contribution in [0, 0.1) is 10.1 Å². The van der Waals surface area contributed by atoms with Crippen LogP contribution in [0.3, 0.4) is 0 Å². The van der Waals surface area contributed by atoms with Gasteiger partial charge in [0.15, 0.2) is 0 Å². The Balaban J connectivity index is 2.89. The largest absolute Gasteiger partial charge is 0.377 e. The fraction of sp³-hybridized carbons (Fsp3) is 0.750.